The summed E-state index contributed by atoms with van der Waals surface area (Å²) in [5.41, 5.74) is 2.92. The number of terminal acetylenes is 2. The van der Waals surface area contributed by atoms with Crippen LogP contribution in [-0.4, -0.2) is 11.6 Å². The highest BCUT2D eigenvalue weighted by Crippen LogP contribution is 2.29. The second-order valence-corrected chi connectivity index (χ2v) is 5.22. The van der Waals surface area contributed by atoms with Crippen molar-refractivity contribution < 1.29 is 9.59 Å². The van der Waals surface area contributed by atoms with Crippen molar-refractivity contribution in [3.8, 4) is 24.7 Å². The minimum atomic E-state index is -0.265. The molecule has 0 fully saturated rings. The van der Waals surface area contributed by atoms with E-state index in [0.717, 1.165) is 0 Å². The third-order valence-corrected chi connectivity index (χ3v) is 3.83. The highest BCUT2D eigenvalue weighted by atomic mass is 16.1. The summed E-state index contributed by atoms with van der Waals surface area (Å²) in [6, 6.07) is 14.1. The van der Waals surface area contributed by atoms with Crippen molar-refractivity contribution in [3.63, 3.8) is 0 Å². The van der Waals surface area contributed by atoms with E-state index in [-0.39, 0.29) is 11.6 Å². The van der Waals surface area contributed by atoms with Gasteiger partial charge in [0, 0.05) is 33.4 Å². The Morgan fingerprint density at radius 2 is 1.00 bits per heavy atom. The zero-order chi connectivity index (χ0) is 17.1. The molecule has 2 aromatic carbocycles. The largest absolute Gasteiger partial charge is 0.289 e. The molecule has 0 N–H and O–H groups in total. The fourth-order valence-electron chi connectivity index (χ4n) is 2.67. The highest BCUT2D eigenvalue weighted by Gasteiger charge is 2.24. The van der Waals surface area contributed by atoms with Crippen molar-refractivity contribution in [2.75, 3.05) is 0 Å². The predicted molar refractivity (Wildman–Crippen MR) is 94.7 cm³/mol. The van der Waals surface area contributed by atoms with Crippen LogP contribution >= 0.6 is 0 Å². The molecule has 0 saturated heterocycles. The Balaban J connectivity index is 2.08. The molecule has 0 saturated carbocycles. The van der Waals surface area contributed by atoms with Gasteiger partial charge < -0.3 is 0 Å². The fourth-order valence-corrected chi connectivity index (χ4v) is 2.67. The fraction of sp³-hybridized carbons (Fsp3) is 0. The molecule has 0 radical (unpaired) electrons. The zero-order valence-electron chi connectivity index (χ0n) is 12.7. The minimum absolute atomic E-state index is 0.265. The Hall–Kier alpha value is -3.62. The van der Waals surface area contributed by atoms with E-state index < -0.39 is 0 Å². The molecular weight excluding hydrogens is 296 g/mol. The van der Waals surface area contributed by atoms with E-state index in [1.807, 2.05) is 0 Å². The van der Waals surface area contributed by atoms with Crippen LogP contribution in [0.4, 0.5) is 0 Å². The number of hydrogen-bond donors (Lipinski definition) is 0. The standard InChI is InChI=1S/C22H12O2/c1-3-15-9-5-7-11-17(15)19-13-22(24)20(14-21(19)23)18-12-8-6-10-16(18)4-2/h1-2,5-14H. The van der Waals surface area contributed by atoms with Crippen molar-refractivity contribution >= 4 is 22.7 Å². The van der Waals surface area contributed by atoms with E-state index in [4.69, 9.17) is 12.8 Å². The van der Waals surface area contributed by atoms with Gasteiger partial charge in [-0.3, -0.25) is 9.59 Å². The van der Waals surface area contributed by atoms with Crippen LogP contribution in [0.1, 0.15) is 22.3 Å². The Labute approximate surface area is 140 Å². The molecule has 1 aliphatic rings. The normalized spacial score (nSPS) is 13.6. The van der Waals surface area contributed by atoms with E-state index >= 15 is 0 Å². The molecule has 0 unspecified atom stereocenters. The van der Waals surface area contributed by atoms with Crippen LogP contribution in [0.25, 0.3) is 11.1 Å². The van der Waals surface area contributed by atoms with Gasteiger partial charge in [-0.05, 0) is 24.3 Å². The zero-order valence-corrected chi connectivity index (χ0v) is 12.7. The molecule has 2 heteroatoms. The number of allylic oxidation sites excluding steroid dienone is 4. The van der Waals surface area contributed by atoms with Gasteiger partial charge in [0.15, 0.2) is 11.6 Å². The quantitative estimate of drug-likeness (QED) is 0.630. The third kappa shape index (κ3) is 2.58. The molecule has 2 aromatic rings. The van der Waals surface area contributed by atoms with Crippen LogP contribution in [0.2, 0.25) is 0 Å². The second kappa shape index (κ2) is 6.24. The molecule has 0 amide bonds. The third-order valence-electron chi connectivity index (χ3n) is 3.83. The first-order chi connectivity index (χ1) is 11.7. The lowest BCUT2D eigenvalue weighted by molar-refractivity contribution is -0.112. The predicted octanol–water partition coefficient (Wildman–Crippen LogP) is 3.27. The summed E-state index contributed by atoms with van der Waals surface area (Å²) >= 11 is 0. The molecule has 1 aliphatic carbocycles. The smallest absolute Gasteiger partial charge is 0.187 e. The van der Waals surface area contributed by atoms with Gasteiger partial charge in [0.1, 0.15) is 0 Å². The summed E-state index contributed by atoms with van der Waals surface area (Å²) in [6.45, 7) is 0. The number of benzene rings is 2. The van der Waals surface area contributed by atoms with Gasteiger partial charge >= 0.3 is 0 Å². The molecule has 0 spiro atoms. The average molecular weight is 308 g/mol. The maximum atomic E-state index is 12.6. The van der Waals surface area contributed by atoms with Crippen LogP contribution in [0.5, 0.6) is 0 Å². The molecule has 0 bridgehead atoms. The SMILES string of the molecule is C#Cc1ccccc1C1=CC(=O)C(c2ccccc2C#C)=CC1=O. The van der Waals surface area contributed by atoms with E-state index in [1.165, 1.54) is 12.2 Å². The van der Waals surface area contributed by atoms with Crippen molar-refractivity contribution in [2.45, 2.75) is 0 Å². The summed E-state index contributed by atoms with van der Waals surface area (Å²) < 4.78 is 0. The lowest BCUT2D eigenvalue weighted by Crippen LogP contribution is -2.13. The number of rotatable bonds is 2. The van der Waals surface area contributed by atoms with Gasteiger partial charge in [-0.1, -0.05) is 48.2 Å². The van der Waals surface area contributed by atoms with E-state index in [0.29, 0.717) is 33.4 Å². The van der Waals surface area contributed by atoms with Crippen molar-refractivity contribution in [2.24, 2.45) is 0 Å². The van der Waals surface area contributed by atoms with Crippen LogP contribution in [0.3, 0.4) is 0 Å². The Kier molecular flexibility index (Phi) is 3.98. The summed E-state index contributed by atoms with van der Waals surface area (Å²) in [4.78, 5) is 25.1. The first kappa shape index (κ1) is 15.3. The number of carbonyl (C=O) groups is 2. The van der Waals surface area contributed by atoms with E-state index in [9.17, 15) is 9.59 Å². The maximum absolute atomic E-state index is 12.6. The molecule has 0 heterocycles. The molecule has 0 aromatic heterocycles. The van der Waals surface area contributed by atoms with Crippen LogP contribution in [-0.2, 0) is 9.59 Å². The topological polar surface area (TPSA) is 34.1 Å². The average Bonchev–Trinajstić information content (AvgIpc) is 2.63. The van der Waals surface area contributed by atoms with Crippen LogP contribution < -0.4 is 0 Å². The monoisotopic (exact) mass is 308 g/mol. The van der Waals surface area contributed by atoms with Crippen LogP contribution in [0, 0.1) is 24.7 Å². The molecule has 112 valence electrons. The molecule has 0 aliphatic heterocycles. The number of ketones is 2. The van der Waals surface area contributed by atoms with E-state index in [2.05, 4.69) is 11.8 Å². The summed E-state index contributed by atoms with van der Waals surface area (Å²) in [5, 5.41) is 0. The van der Waals surface area contributed by atoms with Gasteiger partial charge in [0.25, 0.3) is 0 Å². The minimum Gasteiger partial charge on any atom is -0.289 e. The second-order valence-electron chi connectivity index (χ2n) is 5.22. The Morgan fingerprint density at radius 1 is 0.625 bits per heavy atom. The van der Waals surface area contributed by atoms with Gasteiger partial charge in [0.05, 0.1) is 0 Å². The number of hydrogen-bond acceptors (Lipinski definition) is 2. The summed E-state index contributed by atoms with van der Waals surface area (Å²) in [7, 11) is 0. The van der Waals surface area contributed by atoms with Crippen LogP contribution in [0.15, 0.2) is 60.7 Å². The molecule has 0 atom stereocenters. The van der Waals surface area contributed by atoms with Gasteiger partial charge in [-0.15, -0.1) is 12.8 Å². The van der Waals surface area contributed by atoms with Gasteiger partial charge in [-0.2, -0.15) is 0 Å². The Bertz CT molecular complexity index is 921. The molecule has 2 nitrogen and oxygen atoms in total. The molecule has 24 heavy (non-hydrogen) atoms. The summed E-state index contributed by atoms with van der Waals surface area (Å²) in [5.74, 6) is 4.55. The molecule has 3 rings (SSSR count). The maximum Gasteiger partial charge on any atom is 0.187 e. The van der Waals surface area contributed by atoms with Crippen molar-refractivity contribution in [1.82, 2.24) is 0 Å². The van der Waals surface area contributed by atoms with Crippen molar-refractivity contribution in [3.05, 3.63) is 82.9 Å². The summed E-state index contributed by atoms with van der Waals surface area (Å²) in [6.07, 6.45) is 13.6. The lowest BCUT2D eigenvalue weighted by atomic mass is 9.86. The highest BCUT2D eigenvalue weighted by molar-refractivity contribution is 6.44. The first-order valence-electron chi connectivity index (χ1n) is 7.29. The first-order valence-corrected chi connectivity index (χ1v) is 7.29. The van der Waals surface area contributed by atoms with Gasteiger partial charge in [-0.25, -0.2) is 0 Å². The van der Waals surface area contributed by atoms with Crippen molar-refractivity contribution in [1.29, 1.82) is 0 Å². The lowest BCUT2D eigenvalue weighted by Gasteiger charge is -2.15. The number of carbonyl (C=O) groups excluding carboxylic acids is 2. The Morgan fingerprint density at radius 3 is 1.38 bits per heavy atom. The van der Waals surface area contributed by atoms with Gasteiger partial charge in [0.2, 0.25) is 0 Å². The molecular formula is C22H12O2. The van der Waals surface area contributed by atoms with E-state index in [1.54, 1.807) is 48.5 Å².